The standard InChI is InChI=1S/C8H17NO2/c1-2-8(10)11-7-4-3-5-9-6-7/h7-10H,2-6H2,1H3. The van der Waals surface area contributed by atoms with E-state index >= 15 is 0 Å². The first-order valence-corrected chi connectivity index (χ1v) is 4.37. The second kappa shape index (κ2) is 4.70. The monoisotopic (exact) mass is 159 g/mol. The molecule has 2 unspecified atom stereocenters. The van der Waals surface area contributed by atoms with E-state index in [0.717, 1.165) is 25.9 Å². The zero-order valence-corrected chi connectivity index (χ0v) is 7.05. The molecular weight excluding hydrogens is 142 g/mol. The van der Waals surface area contributed by atoms with Crippen LogP contribution < -0.4 is 5.32 Å². The van der Waals surface area contributed by atoms with Crippen LogP contribution in [0.15, 0.2) is 0 Å². The van der Waals surface area contributed by atoms with Crippen LogP contribution in [0, 0.1) is 0 Å². The Morgan fingerprint density at radius 1 is 1.73 bits per heavy atom. The van der Waals surface area contributed by atoms with Gasteiger partial charge in [-0.05, 0) is 25.8 Å². The fraction of sp³-hybridized carbons (Fsp3) is 1.00. The SMILES string of the molecule is CCC(O)OC1CCCNC1. The van der Waals surface area contributed by atoms with Crippen molar-refractivity contribution >= 4 is 0 Å². The van der Waals surface area contributed by atoms with E-state index in [-0.39, 0.29) is 6.10 Å². The van der Waals surface area contributed by atoms with Crippen LogP contribution in [0.25, 0.3) is 0 Å². The third kappa shape index (κ3) is 3.18. The van der Waals surface area contributed by atoms with Gasteiger partial charge in [0, 0.05) is 6.54 Å². The van der Waals surface area contributed by atoms with Crippen molar-refractivity contribution in [2.45, 2.75) is 38.6 Å². The normalized spacial score (nSPS) is 28.4. The van der Waals surface area contributed by atoms with E-state index < -0.39 is 6.29 Å². The molecule has 0 saturated carbocycles. The van der Waals surface area contributed by atoms with Crippen LogP contribution in [0.2, 0.25) is 0 Å². The molecule has 0 aromatic carbocycles. The van der Waals surface area contributed by atoms with E-state index in [1.165, 1.54) is 0 Å². The van der Waals surface area contributed by atoms with Crippen molar-refractivity contribution in [3.05, 3.63) is 0 Å². The van der Waals surface area contributed by atoms with Crippen LogP contribution in [0.4, 0.5) is 0 Å². The van der Waals surface area contributed by atoms with E-state index in [0.29, 0.717) is 6.42 Å². The minimum absolute atomic E-state index is 0.221. The smallest absolute Gasteiger partial charge is 0.154 e. The third-order valence-corrected chi connectivity index (χ3v) is 1.95. The summed E-state index contributed by atoms with van der Waals surface area (Å²) in [5.41, 5.74) is 0. The summed E-state index contributed by atoms with van der Waals surface area (Å²) in [5.74, 6) is 0. The van der Waals surface area contributed by atoms with Crippen molar-refractivity contribution in [1.29, 1.82) is 0 Å². The van der Waals surface area contributed by atoms with Crippen LogP contribution in [-0.4, -0.2) is 30.6 Å². The number of piperidine rings is 1. The maximum absolute atomic E-state index is 9.16. The average Bonchev–Trinajstić information content (AvgIpc) is 2.06. The molecular formula is C8H17NO2. The molecule has 0 amide bonds. The summed E-state index contributed by atoms with van der Waals surface area (Å²) in [4.78, 5) is 0. The van der Waals surface area contributed by atoms with Crippen molar-refractivity contribution in [2.75, 3.05) is 13.1 Å². The Bertz CT molecular complexity index is 102. The van der Waals surface area contributed by atoms with Gasteiger partial charge in [-0.15, -0.1) is 0 Å². The Hall–Kier alpha value is -0.120. The Labute approximate surface area is 67.7 Å². The molecule has 0 aromatic rings. The molecule has 0 aromatic heterocycles. The summed E-state index contributed by atoms with van der Waals surface area (Å²) < 4.78 is 5.33. The number of nitrogens with one attached hydrogen (secondary N) is 1. The molecule has 0 aliphatic carbocycles. The van der Waals surface area contributed by atoms with E-state index in [1.807, 2.05) is 6.92 Å². The number of aliphatic hydroxyl groups excluding tert-OH is 1. The Morgan fingerprint density at radius 2 is 2.55 bits per heavy atom. The first-order chi connectivity index (χ1) is 5.33. The maximum Gasteiger partial charge on any atom is 0.154 e. The predicted molar refractivity (Wildman–Crippen MR) is 43.3 cm³/mol. The molecule has 1 fully saturated rings. The van der Waals surface area contributed by atoms with E-state index in [9.17, 15) is 0 Å². The summed E-state index contributed by atoms with van der Waals surface area (Å²) in [6.07, 6.45) is 2.56. The van der Waals surface area contributed by atoms with E-state index in [4.69, 9.17) is 9.84 Å². The van der Waals surface area contributed by atoms with E-state index in [1.54, 1.807) is 0 Å². The molecule has 1 aliphatic rings. The maximum atomic E-state index is 9.16. The lowest BCUT2D eigenvalue weighted by Crippen LogP contribution is -2.37. The largest absolute Gasteiger partial charge is 0.368 e. The Balaban J connectivity index is 2.13. The van der Waals surface area contributed by atoms with Gasteiger partial charge in [0.15, 0.2) is 6.29 Å². The average molecular weight is 159 g/mol. The molecule has 1 rings (SSSR count). The van der Waals surface area contributed by atoms with Crippen LogP contribution in [0.1, 0.15) is 26.2 Å². The molecule has 1 heterocycles. The molecule has 2 N–H and O–H groups in total. The van der Waals surface area contributed by atoms with Gasteiger partial charge in [0.05, 0.1) is 6.10 Å². The van der Waals surface area contributed by atoms with E-state index in [2.05, 4.69) is 5.32 Å². The molecule has 0 radical (unpaired) electrons. The zero-order chi connectivity index (χ0) is 8.10. The predicted octanol–water partition coefficient (Wildman–Crippen LogP) is 0.483. The summed E-state index contributed by atoms with van der Waals surface area (Å²) in [6, 6.07) is 0. The number of hydrogen-bond donors (Lipinski definition) is 2. The minimum atomic E-state index is -0.570. The Kier molecular flexibility index (Phi) is 3.83. The fourth-order valence-electron chi connectivity index (χ4n) is 1.25. The lowest BCUT2D eigenvalue weighted by molar-refractivity contribution is -0.140. The van der Waals surface area contributed by atoms with Gasteiger partial charge < -0.3 is 15.2 Å². The summed E-state index contributed by atoms with van der Waals surface area (Å²) in [7, 11) is 0. The van der Waals surface area contributed by atoms with Gasteiger partial charge in [-0.25, -0.2) is 0 Å². The van der Waals surface area contributed by atoms with Gasteiger partial charge in [-0.3, -0.25) is 0 Å². The highest BCUT2D eigenvalue weighted by atomic mass is 16.6. The molecule has 66 valence electrons. The van der Waals surface area contributed by atoms with Gasteiger partial charge in [0.1, 0.15) is 0 Å². The van der Waals surface area contributed by atoms with Gasteiger partial charge >= 0.3 is 0 Å². The second-order valence-corrected chi connectivity index (χ2v) is 2.97. The highest BCUT2D eigenvalue weighted by Gasteiger charge is 2.15. The van der Waals surface area contributed by atoms with Crippen LogP contribution in [0.3, 0.4) is 0 Å². The van der Waals surface area contributed by atoms with Crippen molar-refractivity contribution in [1.82, 2.24) is 5.32 Å². The van der Waals surface area contributed by atoms with Crippen molar-refractivity contribution in [3.8, 4) is 0 Å². The van der Waals surface area contributed by atoms with Crippen LogP contribution in [-0.2, 0) is 4.74 Å². The molecule has 11 heavy (non-hydrogen) atoms. The van der Waals surface area contributed by atoms with Crippen molar-refractivity contribution < 1.29 is 9.84 Å². The number of hydrogen-bond acceptors (Lipinski definition) is 3. The summed E-state index contributed by atoms with van der Waals surface area (Å²) in [5, 5.41) is 12.4. The van der Waals surface area contributed by atoms with Crippen LogP contribution in [0.5, 0.6) is 0 Å². The first-order valence-electron chi connectivity index (χ1n) is 4.37. The molecule has 3 nitrogen and oxygen atoms in total. The lowest BCUT2D eigenvalue weighted by Gasteiger charge is -2.25. The molecule has 3 heteroatoms. The molecule has 2 atom stereocenters. The van der Waals surface area contributed by atoms with Crippen molar-refractivity contribution in [2.24, 2.45) is 0 Å². The summed E-state index contributed by atoms with van der Waals surface area (Å²) >= 11 is 0. The van der Waals surface area contributed by atoms with Gasteiger partial charge in [-0.2, -0.15) is 0 Å². The second-order valence-electron chi connectivity index (χ2n) is 2.97. The third-order valence-electron chi connectivity index (χ3n) is 1.95. The highest BCUT2D eigenvalue weighted by Crippen LogP contribution is 2.08. The first kappa shape index (κ1) is 8.97. The molecule has 1 aliphatic heterocycles. The summed E-state index contributed by atoms with van der Waals surface area (Å²) in [6.45, 7) is 3.89. The number of rotatable bonds is 3. The topological polar surface area (TPSA) is 41.5 Å². The lowest BCUT2D eigenvalue weighted by atomic mass is 10.1. The van der Waals surface area contributed by atoms with Gasteiger partial charge in [0.25, 0.3) is 0 Å². The van der Waals surface area contributed by atoms with Crippen LogP contribution >= 0.6 is 0 Å². The number of aliphatic hydroxyl groups is 1. The van der Waals surface area contributed by atoms with Gasteiger partial charge in [-0.1, -0.05) is 6.92 Å². The fourth-order valence-corrected chi connectivity index (χ4v) is 1.25. The quantitative estimate of drug-likeness (QED) is 0.589. The van der Waals surface area contributed by atoms with Gasteiger partial charge in [0.2, 0.25) is 0 Å². The number of ether oxygens (including phenoxy) is 1. The zero-order valence-electron chi connectivity index (χ0n) is 7.05. The molecule has 0 bridgehead atoms. The highest BCUT2D eigenvalue weighted by molar-refractivity contribution is 4.68. The molecule has 0 spiro atoms. The molecule has 1 saturated heterocycles. The minimum Gasteiger partial charge on any atom is -0.368 e. The van der Waals surface area contributed by atoms with Crippen molar-refractivity contribution in [3.63, 3.8) is 0 Å². The Morgan fingerprint density at radius 3 is 3.09 bits per heavy atom.